The second-order valence-electron chi connectivity index (χ2n) is 11.5. The third-order valence-electron chi connectivity index (χ3n) is 6.26. The fraction of sp³-hybridized carbons (Fsp3) is 0.839. The Kier molecular flexibility index (Phi) is 25.0. The molecule has 0 rings (SSSR count). The number of carbonyl (C=O) groups is 1. The fourth-order valence-corrected chi connectivity index (χ4v) is 4.46. The summed E-state index contributed by atoms with van der Waals surface area (Å²) in [6.07, 6.45) is 24.0. The maximum Gasteiger partial charge on any atom is 0.306 e. The van der Waals surface area contributed by atoms with Crippen molar-refractivity contribution in [1.82, 2.24) is 0 Å². The van der Waals surface area contributed by atoms with Gasteiger partial charge in [0.05, 0.1) is 34.4 Å². The van der Waals surface area contributed by atoms with Gasteiger partial charge in [0.1, 0.15) is 19.3 Å². The molecule has 0 aromatic rings. The van der Waals surface area contributed by atoms with E-state index in [0.29, 0.717) is 24.1 Å². The molecule has 236 valence electrons. The molecule has 0 saturated heterocycles. The number of phosphoric acid groups is 1. The summed E-state index contributed by atoms with van der Waals surface area (Å²) in [4.78, 5) is 24.3. The van der Waals surface area contributed by atoms with Crippen molar-refractivity contribution in [1.29, 1.82) is 0 Å². The molecule has 0 N–H and O–H groups in total. The molecular formula is C31H60NO7P. The lowest BCUT2D eigenvalue weighted by Gasteiger charge is -2.28. The Morgan fingerprint density at radius 3 is 2.05 bits per heavy atom. The molecule has 0 aliphatic rings. The summed E-state index contributed by atoms with van der Waals surface area (Å²) < 4.78 is 33.9. The smallest absolute Gasteiger partial charge is 0.306 e. The predicted octanol–water partition coefficient (Wildman–Crippen LogP) is 7.13. The molecule has 40 heavy (non-hydrogen) atoms. The first kappa shape index (κ1) is 39.0. The van der Waals surface area contributed by atoms with Crippen LogP contribution >= 0.6 is 7.82 Å². The Morgan fingerprint density at radius 2 is 1.40 bits per heavy atom. The standard InChI is InChI=1S/C31H60NO7P/c1-6-8-10-11-12-13-14-15-16-17-18-19-20-21-23-26-36-28-30(39-31(33)24-22-9-7-2)29-38-40(34,35)37-27-25-32(3,4)5/h11-12,14-15,30H,6-10,13,16-29H2,1-5H3/b12-11-,15-14-. The molecule has 0 aromatic heterocycles. The number of hydrogen-bond donors (Lipinski definition) is 0. The molecule has 0 radical (unpaired) electrons. The van der Waals surface area contributed by atoms with Crippen LogP contribution in [-0.4, -0.2) is 70.7 Å². The van der Waals surface area contributed by atoms with Crippen LogP contribution in [0.2, 0.25) is 0 Å². The molecule has 0 aliphatic carbocycles. The highest BCUT2D eigenvalue weighted by molar-refractivity contribution is 7.45. The van der Waals surface area contributed by atoms with Gasteiger partial charge in [0.25, 0.3) is 7.82 Å². The van der Waals surface area contributed by atoms with Gasteiger partial charge < -0.3 is 27.9 Å². The second-order valence-corrected chi connectivity index (χ2v) is 12.9. The summed E-state index contributed by atoms with van der Waals surface area (Å²) in [6.45, 7) is 5.14. The molecule has 8 nitrogen and oxygen atoms in total. The minimum absolute atomic E-state index is 0.0236. The Labute approximate surface area is 245 Å². The van der Waals surface area contributed by atoms with Crippen LogP contribution in [0.5, 0.6) is 0 Å². The number of allylic oxidation sites excluding steroid dienone is 4. The second kappa shape index (κ2) is 25.7. The normalized spacial score (nSPS) is 14.7. The van der Waals surface area contributed by atoms with Gasteiger partial charge in [0.2, 0.25) is 0 Å². The number of quaternary nitrogens is 1. The molecule has 0 aliphatic heterocycles. The van der Waals surface area contributed by atoms with Crippen LogP contribution < -0.4 is 4.89 Å². The van der Waals surface area contributed by atoms with Crippen LogP contribution in [0.4, 0.5) is 0 Å². The molecule has 0 amide bonds. The van der Waals surface area contributed by atoms with Crippen LogP contribution in [0.15, 0.2) is 24.3 Å². The van der Waals surface area contributed by atoms with Gasteiger partial charge in [-0.1, -0.05) is 89.5 Å². The van der Waals surface area contributed by atoms with Crippen LogP contribution in [0, 0.1) is 0 Å². The van der Waals surface area contributed by atoms with Crippen molar-refractivity contribution in [3.8, 4) is 0 Å². The summed E-state index contributed by atoms with van der Waals surface area (Å²) >= 11 is 0. The highest BCUT2D eigenvalue weighted by Gasteiger charge is 2.20. The summed E-state index contributed by atoms with van der Waals surface area (Å²) in [7, 11) is 1.34. The van der Waals surface area contributed by atoms with Crippen molar-refractivity contribution in [2.45, 2.75) is 116 Å². The summed E-state index contributed by atoms with van der Waals surface area (Å²) in [5.41, 5.74) is 0. The summed E-state index contributed by atoms with van der Waals surface area (Å²) in [5, 5.41) is 0. The first-order chi connectivity index (χ1) is 19.1. The van der Waals surface area contributed by atoms with Gasteiger partial charge in [0.15, 0.2) is 0 Å². The lowest BCUT2D eigenvalue weighted by molar-refractivity contribution is -0.870. The Morgan fingerprint density at radius 1 is 0.775 bits per heavy atom. The van der Waals surface area contributed by atoms with E-state index in [1.54, 1.807) is 0 Å². The average Bonchev–Trinajstić information content (AvgIpc) is 2.88. The van der Waals surface area contributed by atoms with Gasteiger partial charge in [-0.3, -0.25) is 9.36 Å². The van der Waals surface area contributed by atoms with E-state index in [9.17, 15) is 14.3 Å². The van der Waals surface area contributed by atoms with Gasteiger partial charge in [-0.15, -0.1) is 0 Å². The number of hydrogen-bond acceptors (Lipinski definition) is 7. The lowest BCUT2D eigenvalue weighted by atomic mass is 10.1. The maximum atomic E-state index is 12.2. The van der Waals surface area contributed by atoms with Gasteiger partial charge in [-0.2, -0.15) is 0 Å². The monoisotopic (exact) mass is 589 g/mol. The molecule has 0 spiro atoms. The third-order valence-corrected chi connectivity index (χ3v) is 7.22. The molecule has 0 fully saturated rings. The Bertz CT molecular complexity index is 706. The molecule has 0 saturated carbocycles. The van der Waals surface area contributed by atoms with Gasteiger partial charge in [0, 0.05) is 13.0 Å². The topological polar surface area (TPSA) is 94.1 Å². The van der Waals surface area contributed by atoms with Gasteiger partial charge >= 0.3 is 5.97 Å². The SMILES string of the molecule is CCCC/C=C\C/C=C\CCCCCCCCOCC(COP(=O)([O-])OCC[N+](C)(C)C)OC(=O)CCCCC. The van der Waals surface area contributed by atoms with Gasteiger partial charge in [-0.05, 0) is 38.5 Å². The molecule has 2 unspecified atom stereocenters. The van der Waals surface area contributed by atoms with E-state index in [0.717, 1.165) is 51.4 Å². The first-order valence-electron chi connectivity index (χ1n) is 15.6. The van der Waals surface area contributed by atoms with Crippen molar-refractivity contribution in [3.05, 3.63) is 24.3 Å². The number of carbonyl (C=O) groups excluding carboxylic acids is 1. The number of ether oxygens (including phenoxy) is 2. The van der Waals surface area contributed by atoms with E-state index in [4.69, 9.17) is 18.5 Å². The number of unbranched alkanes of at least 4 members (excludes halogenated alkanes) is 10. The quantitative estimate of drug-likeness (QED) is 0.0315. The zero-order valence-corrected chi connectivity index (χ0v) is 27.2. The number of rotatable bonds is 28. The van der Waals surface area contributed by atoms with E-state index in [-0.39, 0.29) is 25.8 Å². The van der Waals surface area contributed by atoms with Crippen molar-refractivity contribution >= 4 is 13.8 Å². The van der Waals surface area contributed by atoms with Crippen molar-refractivity contribution < 1.29 is 37.3 Å². The average molecular weight is 590 g/mol. The number of esters is 1. The van der Waals surface area contributed by atoms with E-state index >= 15 is 0 Å². The number of phosphoric ester groups is 1. The molecular weight excluding hydrogens is 529 g/mol. The zero-order chi connectivity index (χ0) is 30.0. The Hall–Kier alpha value is -1.02. The van der Waals surface area contributed by atoms with Crippen molar-refractivity contribution in [2.24, 2.45) is 0 Å². The number of nitrogens with zero attached hydrogens (tertiary/aromatic N) is 1. The first-order valence-corrected chi connectivity index (χ1v) is 17.0. The van der Waals surface area contributed by atoms with E-state index < -0.39 is 13.9 Å². The Balaban J connectivity index is 4.15. The predicted molar refractivity (Wildman–Crippen MR) is 162 cm³/mol. The number of likely N-dealkylation sites (N-methyl/N-ethyl adjacent to an activating group) is 1. The molecule has 2 atom stereocenters. The third kappa shape index (κ3) is 28.5. The van der Waals surface area contributed by atoms with Crippen LogP contribution in [0.25, 0.3) is 0 Å². The van der Waals surface area contributed by atoms with E-state index in [1.165, 1.54) is 38.5 Å². The maximum absolute atomic E-state index is 12.2. The van der Waals surface area contributed by atoms with Crippen molar-refractivity contribution in [2.75, 3.05) is 54.1 Å². The van der Waals surface area contributed by atoms with E-state index in [2.05, 4.69) is 38.2 Å². The van der Waals surface area contributed by atoms with Crippen LogP contribution in [-0.2, 0) is 27.9 Å². The van der Waals surface area contributed by atoms with E-state index in [1.807, 2.05) is 21.1 Å². The largest absolute Gasteiger partial charge is 0.756 e. The van der Waals surface area contributed by atoms with Crippen LogP contribution in [0.1, 0.15) is 110 Å². The highest BCUT2D eigenvalue weighted by Crippen LogP contribution is 2.38. The summed E-state index contributed by atoms with van der Waals surface area (Å²) in [5.74, 6) is -0.365. The van der Waals surface area contributed by atoms with Gasteiger partial charge in [-0.25, -0.2) is 0 Å². The minimum atomic E-state index is -4.49. The highest BCUT2D eigenvalue weighted by atomic mass is 31.2. The molecule has 0 aromatic carbocycles. The molecule has 0 heterocycles. The fourth-order valence-electron chi connectivity index (χ4n) is 3.74. The molecule has 0 bridgehead atoms. The summed E-state index contributed by atoms with van der Waals surface area (Å²) in [6, 6.07) is 0. The molecule has 9 heteroatoms. The van der Waals surface area contributed by atoms with Crippen molar-refractivity contribution in [3.63, 3.8) is 0 Å². The van der Waals surface area contributed by atoms with Crippen LogP contribution in [0.3, 0.4) is 0 Å². The minimum Gasteiger partial charge on any atom is -0.756 e. The lowest BCUT2D eigenvalue weighted by Crippen LogP contribution is -2.37. The zero-order valence-electron chi connectivity index (χ0n) is 26.3.